The standard InChI is InChI=1S/C18H23NO4/c1-10-7-13-9-16(23-15(13)8-11(10)2)17(20)19-14-5-3-12(4-6-14)18(21)22/h7-8,12,14,16H,3-6,9H2,1-2H3,(H,19,20)(H,21,22)/t12?,14?,16-/m1/s1. The van der Waals surface area contributed by atoms with Crippen LogP contribution in [0.1, 0.15) is 42.4 Å². The molecule has 1 aromatic carbocycles. The summed E-state index contributed by atoms with van der Waals surface area (Å²) >= 11 is 0. The molecule has 1 aliphatic heterocycles. The Labute approximate surface area is 136 Å². The van der Waals surface area contributed by atoms with E-state index in [0.717, 1.165) is 29.7 Å². The number of hydrogen-bond acceptors (Lipinski definition) is 3. The molecule has 1 fully saturated rings. The second-order valence-electron chi connectivity index (χ2n) is 6.75. The number of benzene rings is 1. The molecule has 5 nitrogen and oxygen atoms in total. The van der Waals surface area contributed by atoms with Crippen molar-refractivity contribution in [3.05, 3.63) is 28.8 Å². The zero-order chi connectivity index (χ0) is 16.6. The highest BCUT2D eigenvalue weighted by Crippen LogP contribution is 2.32. The molecule has 5 heteroatoms. The minimum Gasteiger partial charge on any atom is -0.481 e. The molecule has 0 aromatic heterocycles. The highest BCUT2D eigenvalue weighted by molar-refractivity contribution is 5.83. The SMILES string of the molecule is Cc1cc2c(cc1C)O[C@@H](C(=O)NC1CCC(C(=O)O)CC1)C2. The third-order valence-electron chi connectivity index (χ3n) is 5.07. The van der Waals surface area contributed by atoms with E-state index in [0.29, 0.717) is 19.3 Å². The van der Waals surface area contributed by atoms with Gasteiger partial charge in [-0.3, -0.25) is 9.59 Å². The fraction of sp³-hybridized carbons (Fsp3) is 0.556. The second-order valence-corrected chi connectivity index (χ2v) is 6.75. The van der Waals surface area contributed by atoms with Crippen molar-refractivity contribution in [2.75, 3.05) is 0 Å². The van der Waals surface area contributed by atoms with Crippen LogP contribution in [0.3, 0.4) is 0 Å². The van der Waals surface area contributed by atoms with E-state index in [2.05, 4.69) is 18.3 Å². The van der Waals surface area contributed by atoms with Gasteiger partial charge in [-0.2, -0.15) is 0 Å². The molecule has 1 heterocycles. The van der Waals surface area contributed by atoms with Gasteiger partial charge in [0.25, 0.3) is 5.91 Å². The van der Waals surface area contributed by atoms with Crippen molar-refractivity contribution in [3.8, 4) is 5.75 Å². The monoisotopic (exact) mass is 317 g/mol. The summed E-state index contributed by atoms with van der Waals surface area (Å²) in [6.07, 6.45) is 2.84. The van der Waals surface area contributed by atoms with Gasteiger partial charge in [0.1, 0.15) is 5.75 Å². The van der Waals surface area contributed by atoms with Crippen LogP contribution >= 0.6 is 0 Å². The van der Waals surface area contributed by atoms with Gasteiger partial charge in [0.15, 0.2) is 6.10 Å². The van der Waals surface area contributed by atoms with Gasteiger partial charge < -0.3 is 15.2 Å². The predicted octanol–water partition coefficient (Wildman–Crippen LogP) is 2.37. The van der Waals surface area contributed by atoms with Crippen molar-refractivity contribution >= 4 is 11.9 Å². The molecule has 0 bridgehead atoms. The van der Waals surface area contributed by atoms with Crippen molar-refractivity contribution in [2.45, 2.75) is 58.1 Å². The molecule has 0 saturated heterocycles. The van der Waals surface area contributed by atoms with Crippen molar-refractivity contribution < 1.29 is 19.4 Å². The summed E-state index contributed by atoms with van der Waals surface area (Å²) in [7, 11) is 0. The van der Waals surface area contributed by atoms with Gasteiger partial charge in [0.05, 0.1) is 5.92 Å². The van der Waals surface area contributed by atoms with Crippen LogP contribution < -0.4 is 10.1 Å². The lowest BCUT2D eigenvalue weighted by molar-refractivity contribution is -0.142. The number of nitrogens with one attached hydrogen (secondary N) is 1. The summed E-state index contributed by atoms with van der Waals surface area (Å²) in [5, 5.41) is 12.0. The number of carbonyl (C=O) groups is 2. The minimum atomic E-state index is -0.727. The molecule has 1 aliphatic carbocycles. The molecule has 3 rings (SSSR count). The maximum absolute atomic E-state index is 12.4. The van der Waals surface area contributed by atoms with E-state index in [9.17, 15) is 9.59 Å². The maximum atomic E-state index is 12.4. The van der Waals surface area contributed by atoms with E-state index >= 15 is 0 Å². The number of fused-ring (bicyclic) bond motifs is 1. The summed E-state index contributed by atoms with van der Waals surface area (Å²) in [6.45, 7) is 4.09. The molecule has 0 unspecified atom stereocenters. The number of aryl methyl sites for hydroxylation is 2. The molecule has 124 valence electrons. The number of carboxylic acid groups (broad SMARTS) is 1. The van der Waals surface area contributed by atoms with E-state index in [-0.39, 0.29) is 17.9 Å². The Hall–Kier alpha value is -2.04. The lowest BCUT2D eigenvalue weighted by atomic mass is 9.86. The fourth-order valence-electron chi connectivity index (χ4n) is 3.44. The van der Waals surface area contributed by atoms with Gasteiger partial charge in [-0.05, 0) is 62.3 Å². The summed E-state index contributed by atoms with van der Waals surface area (Å²) in [6, 6.07) is 4.15. The van der Waals surface area contributed by atoms with Crippen LogP contribution in [-0.2, 0) is 16.0 Å². The highest BCUT2D eigenvalue weighted by Gasteiger charge is 2.32. The van der Waals surface area contributed by atoms with Crippen LogP contribution in [0.2, 0.25) is 0 Å². The third kappa shape index (κ3) is 3.33. The van der Waals surface area contributed by atoms with Crippen LogP contribution in [0.4, 0.5) is 0 Å². The Morgan fingerprint density at radius 2 is 1.78 bits per heavy atom. The highest BCUT2D eigenvalue weighted by atomic mass is 16.5. The number of ether oxygens (including phenoxy) is 1. The normalized spacial score (nSPS) is 26.3. The van der Waals surface area contributed by atoms with Crippen molar-refractivity contribution in [3.63, 3.8) is 0 Å². The van der Waals surface area contributed by atoms with E-state index in [1.54, 1.807) is 0 Å². The largest absolute Gasteiger partial charge is 0.481 e. The van der Waals surface area contributed by atoms with Crippen LogP contribution in [-0.4, -0.2) is 29.1 Å². The first-order valence-electron chi connectivity index (χ1n) is 8.24. The van der Waals surface area contributed by atoms with Crippen molar-refractivity contribution in [2.24, 2.45) is 5.92 Å². The molecular weight excluding hydrogens is 294 g/mol. The number of carbonyl (C=O) groups excluding carboxylic acids is 1. The molecule has 0 radical (unpaired) electrons. The smallest absolute Gasteiger partial charge is 0.306 e. The summed E-state index contributed by atoms with van der Waals surface area (Å²) in [4.78, 5) is 23.4. The molecular formula is C18H23NO4. The van der Waals surface area contributed by atoms with Crippen molar-refractivity contribution in [1.29, 1.82) is 0 Å². The van der Waals surface area contributed by atoms with E-state index in [4.69, 9.17) is 9.84 Å². The van der Waals surface area contributed by atoms with E-state index < -0.39 is 12.1 Å². The Morgan fingerprint density at radius 1 is 1.13 bits per heavy atom. The molecule has 2 aliphatic rings. The number of aliphatic carboxylic acids is 1. The molecule has 1 atom stereocenters. The van der Waals surface area contributed by atoms with Crippen molar-refractivity contribution in [1.82, 2.24) is 5.32 Å². The van der Waals surface area contributed by atoms with Crippen LogP contribution in [0.5, 0.6) is 5.75 Å². The molecule has 2 N–H and O–H groups in total. The molecule has 0 spiro atoms. The van der Waals surface area contributed by atoms with Gasteiger partial charge in [0.2, 0.25) is 0 Å². The topological polar surface area (TPSA) is 75.6 Å². The molecule has 1 aromatic rings. The second kappa shape index (κ2) is 6.22. The maximum Gasteiger partial charge on any atom is 0.306 e. The predicted molar refractivity (Wildman–Crippen MR) is 85.6 cm³/mol. The minimum absolute atomic E-state index is 0.0638. The zero-order valence-electron chi connectivity index (χ0n) is 13.6. The first-order valence-corrected chi connectivity index (χ1v) is 8.24. The summed E-state index contributed by atoms with van der Waals surface area (Å²) < 4.78 is 5.80. The van der Waals surface area contributed by atoms with Gasteiger partial charge in [-0.1, -0.05) is 6.07 Å². The van der Waals surface area contributed by atoms with Crippen LogP contribution in [0, 0.1) is 19.8 Å². The number of rotatable bonds is 3. The lowest BCUT2D eigenvalue weighted by Crippen LogP contribution is -2.45. The third-order valence-corrected chi connectivity index (χ3v) is 5.07. The Kier molecular flexibility index (Phi) is 4.28. The van der Waals surface area contributed by atoms with Crippen LogP contribution in [0.15, 0.2) is 12.1 Å². The zero-order valence-corrected chi connectivity index (χ0v) is 13.6. The summed E-state index contributed by atoms with van der Waals surface area (Å²) in [5.41, 5.74) is 3.46. The van der Waals surface area contributed by atoms with E-state index in [1.807, 2.05) is 13.0 Å². The Bertz CT molecular complexity index is 601. The number of hydrogen-bond donors (Lipinski definition) is 2. The fourth-order valence-corrected chi connectivity index (χ4v) is 3.44. The average Bonchev–Trinajstić information content (AvgIpc) is 2.91. The molecule has 23 heavy (non-hydrogen) atoms. The Balaban J connectivity index is 1.55. The molecule has 1 saturated carbocycles. The lowest BCUT2D eigenvalue weighted by Gasteiger charge is -2.27. The molecule has 1 amide bonds. The first kappa shape index (κ1) is 15.8. The summed E-state index contributed by atoms with van der Waals surface area (Å²) in [5.74, 6) is -0.269. The Morgan fingerprint density at radius 3 is 2.43 bits per heavy atom. The number of carboxylic acids is 1. The van der Waals surface area contributed by atoms with Gasteiger partial charge >= 0.3 is 5.97 Å². The first-order chi connectivity index (χ1) is 10.9. The average molecular weight is 317 g/mol. The van der Waals surface area contributed by atoms with Gasteiger partial charge in [-0.25, -0.2) is 0 Å². The van der Waals surface area contributed by atoms with Crippen LogP contribution in [0.25, 0.3) is 0 Å². The van der Waals surface area contributed by atoms with E-state index in [1.165, 1.54) is 5.56 Å². The van der Waals surface area contributed by atoms with Gasteiger partial charge in [0, 0.05) is 12.5 Å². The number of amides is 1. The quantitative estimate of drug-likeness (QED) is 0.897. The van der Waals surface area contributed by atoms with Gasteiger partial charge in [-0.15, -0.1) is 0 Å².